The van der Waals surface area contributed by atoms with Crippen LogP contribution < -0.4 is 4.90 Å². The van der Waals surface area contributed by atoms with Gasteiger partial charge < -0.3 is 15.0 Å². The van der Waals surface area contributed by atoms with E-state index in [1.165, 1.54) is 24.4 Å². The highest BCUT2D eigenvalue weighted by atomic mass is 19.1. The van der Waals surface area contributed by atoms with Gasteiger partial charge >= 0.3 is 0 Å². The smallest absolute Gasteiger partial charge is 0.198 e. The largest absolute Gasteiger partial charge is 0.494 e. The molecule has 1 saturated heterocycles. The summed E-state index contributed by atoms with van der Waals surface area (Å²) < 4.78 is 14.1. The van der Waals surface area contributed by atoms with Crippen molar-refractivity contribution in [1.29, 1.82) is 0 Å². The van der Waals surface area contributed by atoms with Crippen LogP contribution in [-0.2, 0) is 0 Å². The first kappa shape index (κ1) is 19.5. The molecule has 1 unspecified atom stereocenters. The van der Waals surface area contributed by atoms with Crippen LogP contribution in [0.2, 0.25) is 0 Å². The number of nitrogens with zero attached hydrogens (tertiary/aromatic N) is 3. The SMILES string of the molecule is CCC(C)N1CCN(c2ccc(N=Cc3c(O)[nH]c4cccc(F)c34)cc2)CC1. The molecule has 29 heavy (non-hydrogen) atoms. The van der Waals surface area contributed by atoms with Gasteiger partial charge in [-0.2, -0.15) is 0 Å². The van der Waals surface area contributed by atoms with Crippen molar-refractivity contribution < 1.29 is 9.50 Å². The molecule has 5 nitrogen and oxygen atoms in total. The fourth-order valence-corrected chi connectivity index (χ4v) is 3.91. The minimum atomic E-state index is -0.382. The maximum Gasteiger partial charge on any atom is 0.198 e. The van der Waals surface area contributed by atoms with Gasteiger partial charge in [0.25, 0.3) is 0 Å². The molecule has 6 heteroatoms. The summed E-state index contributed by atoms with van der Waals surface area (Å²) in [5.41, 5.74) is 2.87. The normalized spacial score (nSPS) is 16.7. The quantitative estimate of drug-likeness (QED) is 0.618. The number of hydrogen-bond acceptors (Lipinski definition) is 4. The van der Waals surface area contributed by atoms with E-state index in [1.54, 1.807) is 12.1 Å². The van der Waals surface area contributed by atoms with Crippen LogP contribution in [0.5, 0.6) is 5.88 Å². The Kier molecular flexibility index (Phi) is 5.53. The topological polar surface area (TPSA) is 54.9 Å². The summed E-state index contributed by atoms with van der Waals surface area (Å²) in [5, 5.41) is 10.5. The van der Waals surface area contributed by atoms with Crippen LogP contribution in [-0.4, -0.2) is 53.4 Å². The van der Waals surface area contributed by atoms with E-state index >= 15 is 0 Å². The Hall–Kier alpha value is -2.86. The average Bonchev–Trinajstić information content (AvgIpc) is 3.08. The minimum Gasteiger partial charge on any atom is -0.494 e. The molecule has 152 valence electrons. The van der Waals surface area contributed by atoms with Crippen LogP contribution in [0.1, 0.15) is 25.8 Å². The molecule has 0 aliphatic carbocycles. The van der Waals surface area contributed by atoms with E-state index in [4.69, 9.17) is 0 Å². The van der Waals surface area contributed by atoms with Crippen LogP contribution >= 0.6 is 0 Å². The summed E-state index contributed by atoms with van der Waals surface area (Å²) in [4.78, 5) is 12.2. The molecule has 1 aliphatic heterocycles. The number of anilines is 1. The molecule has 0 bridgehead atoms. The molecule has 0 saturated carbocycles. The van der Waals surface area contributed by atoms with E-state index in [0.29, 0.717) is 22.5 Å². The zero-order chi connectivity index (χ0) is 20.4. The Bertz CT molecular complexity index is 1000. The Morgan fingerprint density at radius 1 is 1.14 bits per heavy atom. The lowest BCUT2D eigenvalue weighted by Gasteiger charge is -2.39. The van der Waals surface area contributed by atoms with Crippen molar-refractivity contribution in [3.8, 4) is 5.88 Å². The second-order valence-electron chi connectivity index (χ2n) is 7.60. The van der Waals surface area contributed by atoms with Gasteiger partial charge in [-0.1, -0.05) is 13.0 Å². The average molecular weight is 394 g/mol. The molecule has 1 aromatic heterocycles. The summed E-state index contributed by atoms with van der Waals surface area (Å²) in [6, 6.07) is 13.4. The third kappa shape index (κ3) is 3.98. The minimum absolute atomic E-state index is 0.0790. The van der Waals surface area contributed by atoms with E-state index in [1.807, 2.05) is 12.1 Å². The van der Waals surface area contributed by atoms with Crippen LogP contribution in [0, 0.1) is 5.82 Å². The Balaban J connectivity index is 1.46. The van der Waals surface area contributed by atoms with E-state index in [-0.39, 0.29) is 11.7 Å². The summed E-state index contributed by atoms with van der Waals surface area (Å²) in [6.45, 7) is 8.74. The molecule has 4 rings (SSSR count). The summed E-state index contributed by atoms with van der Waals surface area (Å²) in [6.07, 6.45) is 2.69. The third-order valence-corrected chi connectivity index (χ3v) is 5.88. The van der Waals surface area contributed by atoms with Crippen molar-refractivity contribution in [2.45, 2.75) is 26.3 Å². The molecule has 2 aromatic carbocycles. The van der Waals surface area contributed by atoms with Crippen molar-refractivity contribution in [3.63, 3.8) is 0 Å². The van der Waals surface area contributed by atoms with Crippen molar-refractivity contribution in [2.24, 2.45) is 4.99 Å². The monoisotopic (exact) mass is 394 g/mol. The number of fused-ring (bicyclic) bond motifs is 1. The van der Waals surface area contributed by atoms with Gasteiger partial charge in [-0.25, -0.2) is 4.39 Å². The maximum atomic E-state index is 14.1. The highest BCUT2D eigenvalue weighted by Gasteiger charge is 2.20. The van der Waals surface area contributed by atoms with E-state index < -0.39 is 0 Å². The second kappa shape index (κ2) is 8.25. The fraction of sp³-hybridized carbons (Fsp3) is 0.348. The van der Waals surface area contributed by atoms with Gasteiger partial charge in [-0.3, -0.25) is 9.89 Å². The lowest BCUT2D eigenvalue weighted by atomic mass is 10.1. The number of piperazine rings is 1. The molecule has 0 amide bonds. The zero-order valence-electron chi connectivity index (χ0n) is 16.9. The fourth-order valence-electron chi connectivity index (χ4n) is 3.91. The third-order valence-electron chi connectivity index (χ3n) is 5.88. The van der Waals surface area contributed by atoms with Crippen molar-refractivity contribution in [3.05, 3.63) is 53.8 Å². The van der Waals surface area contributed by atoms with Crippen molar-refractivity contribution in [1.82, 2.24) is 9.88 Å². The van der Waals surface area contributed by atoms with Crippen LogP contribution in [0.25, 0.3) is 10.9 Å². The number of hydrogen-bond donors (Lipinski definition) is 2. The van der Waals surface area contributed by atoms with E-state index in [0.717, 1.165) is 31.9 Å². The number of H-pyrrole nitrogens is 1. The first-order chi connectivity index (χ1) is 14.1. The number of benzene rings is 2. The molecule has 1 fully saturated rings. The lowest BCUT2D eigenvalue weighted by Crippen LogP contribution is -2.49. The molecule has 2 N–H and O–H groups in total. The van der Waals surface area contributed by atoms with Gasteiger partial charge in [0.05, 0.1) is 16.8 Å². The summed E-state index contributed by atoms with van der Waals surface area (Å²) in [7, 11) is 0. The molecule has 1 atom stereocenters. The number of halogens is 1. The standard InChI is InChI=1S/C23H27FN4O/c1-3-16(2)27-11-13-28(14-12-27)18-9-7-17(8-10-18)25-15-19-22-20(24)5-4-6-21(22)26-23(19)29/h4-10,15-16,26,29H,3,11-14H2,1-2H3. The van der Waals surface area contributed by atoms with Crippen LogP contribution in [0.3, 0.4) is 0 Å². The molecule has 0 radical (unpaired) electrons. The van der Waals surface area contributed by atoms with Gasteiger partial charge in [0, 0.05) is 49.5 Å². The summed E-state index contributed by atoms with van der Waals surface area (Å²) >= 11 is 0. The zero-order valence-corrected chi connectivity index (χ0v) is 16.9. The number of rotatable bonds is 5. The van der Waals surface area contributed by atoms with Crippen LogP contribution in [0.15, 0.2) is 47.5 Å². The highest BCUT2D eigenvalue weighted by Crippen LogP contribution is 2.29. The maximum absolute atomic E-state index is 14.1. The molecule has 2 heterocycles. The first-order valence-electron chi connectivity index (χ1n) is 10.2. The molecular formula is C23H27FN4O. The van der Waals surface area contributed by atoms with Gasteiger partial charge in [-0.05, 0) is 49.7 Å². The van der Waals surface area contributed by atoms with E-state index in [2.05, 4.69) is 45.8 Å². The van der Waals surface area contributed by atoms with Gasteiger partial charge in [0.2, 0.25) is 0 Å². The van der Waals surface area contributed by atoms with Gasteiger partial charge in [-0.15, -0.1) is 0 Å². The predicted octanol–water partition coefficient (Wildman–Crippen LogP) is 4.68. The molecule has 1 aliphatic rings. The summed E-state index contributed by atoms with van der Waals surface area (Å²) in [5.74, 6) is -0.461. The number of aliphatic imine (C=N–C) groups is 1. The predicted molar refractivity (Wildman–Crippen MR) is 117 cm³/mol. The number of aromatic nitrogens is 1. The number of aromatic hydroxyl groups is 1. The first-order valence-corrected chi connectivity index (χ1v) is 10.2. The Morgan fingerprint density at radius 3 is 2.55 bits per heavy atom. The molecular weight excluding hydrogens is 367 g/mol. The number of aromatic amines is 1. The van der Waals surface area contributed by atoms with Crippen LogP contribution in [0.4, 0.5) is 15.8 Å². The van der Waals surface area contributed by atoms with Crippen molar-refractivity contribution >= 4 is 28.5 Å². The highest BCUT2D eigenvalue weighted by molar-refractivity contribution is 6.02. The lowest BCUT2D eigenvalue weighted by molar-refractivity contribution is 0.193. The molecule has 0 spiro atoms. The van der Waals surface area contributed by atoms with Gasteiger partial charge in [0.15, 0.2) is 5.88 Å². The second-order valence-corrected chi connectivity index (χ2v) is 7.60. The van der Waals surface area contributed by atoms with Gasteiger partial charge in [0.1, 0.15) is 5.82 Å². The molecule has 3 aromatic rings. The number of nitrogens with one attached hydrogen (secondary N) is 1. The Morgan fingerprint density at radius 2 is 1.86 bits per heavy atom. The Labute approximate surface area is 170 Å². The van der Waals surface area contributed by atoms with E-state index in [9.17, 15) is 9.50 Å². The van der Waals surface area contributed by atoms with Crippen molar-refractivity contribution in [2.75, 3.05) is 31.1 Å².